The molecule has 5 N–H and O–H groups in total. The van der Waals surface area contributed by atoms with Crippen LogP contribution in [-0.2, 0) is 9.53 Å². The first kappa shape index (κ1) is 15.2. The normalized spacial score (nSPS) is 9.95. The van der Waals surface area contributed by atoms with E-state index in [0.717, 1.165) is 11.3 Å². The van der Waals surface area contributed by atoms with Crippen molar-refractivity contribution >= 4 is 28.8 Å². The number of anilines is 1. The molecule has 0 aliphatic heterocycles. The van der Waals surface area contributed by atoms with Crippen LogP contribution in [0.4, 0.5) is 5.69 Å². The zero-order chi connectivity index (χ0) is 14.3. The number of carbonyl (C=O) groups is 1. The third kappa shape index (κ3) is 5.11. The topological polar surface area (TPSA) is 99.6 Å². The Labute approximate surface area is 117 Å². The first-order valence-corrected chi connectivity index (χ1v) is 6.03. The molecule has 19 heavy (non-hydrogen) atoms. The minimum atomic E-state index is -0.495. The fourth-order valence-electron chi connectivity index (χ4n) is 1.44. The lowest BCUT2D eigenvalue weighted by molar-refractivity contribution is -0.122. The molecule has 1 aromatic rings. The molecule has 104 valence electrons. The number of rotatable bonds is 8. The molecule has 0 heterocycles. The standard InChI is InChI=1S/C12H17N3O3S/c1-17-8-2-3-9(12(14)19)10(6-8)15-4-5-18-7-11(13)16/h2-3,6,15H,4-5,7H2,1H3,(H2,13,16)(H2,14,19). The largest absolute Gasteiger partial charge is 0.497 e. The maximum Gasteiger partial charge on any atom is 0.243 e. The summed E-state index contributed by atoms with van der Waals surface area (Å²) in [7, 11) is 1.58. The summed E-state index contributed by atoms with van der Waals surface area (Å²) in [5, 5.41) is 3.12. The number of ether oxygens (including phenoxy) is 2. The van der Waals surface area contributed by atoms with Crippen LogP contribution < -0.4 is 21.5 Å². The minimum absolute atomic E-state index is 0.0953. The minimum Gasteiger partial charge on any atom is -0.497 e. The molecular formula is C12H17N3O3S. The maximum absolute atomic E-state index is 10.5. The Balaban J connectivity index is 2.59. The van der Waals surface area contributed by atoms with Crippen LogP contribution in [0.25, 0.3) is 0 Å². The van der Waals surface area contributed by atoms with Crippen molar-refractivity contribution in [2.75, 3.05) is 32.2 Å². The second-order valence-electron chi connectivity index (χ2n) is 3.72. The van der Waals surface area contributed by atoms with E-state index in [2.05, 4.69) is 5.32 Å². The molecule has 1 rings (SSSR count). The predicted molar refractivity (Wildman–Crippen MR) is 77.4 cm³/mol. The van der Waals surface area contributed by atoms with E-state index in [1.165, 1.54) is 0 Å². The second-order valence-corrected chi connectivity index (χ2v) is 4.16. The van der Waals surface area contributed by atoms with E-state index in [-0.39, 0.29) is 6.61 Å². The van der Waals surface area contributed by atoms with Gasteiger partial charge in [0.25, 0.3) is 0 Å². The molecule has 0 saturated carbocycles. The summed E-state index contributed by atoms with van der Waals surface area (Å²) in [5.41, 5.74) is 12.1. The zero-order valence-corrected chi connectivity index (χ0v) is 11.5. The van der Waals surface area contributed by atoms with E-state index < -0.39 is 5.91 Å². The average Bonchev–Trinajstić information content (AvgIpc) is 2.37. The number of amides is 1. The van der Waals surface area contributed by atoms with Crippen LogP contribution in [0.2, 0.25) is 0 Å². The quantitative estimate of drug-likeness (QED) is 0.467. The Kier molecular flexibility index (Phi) is 6.04. The van der Waals surface area contributed by atoms with Crippen molar-refractivity contribution in [2.24, 2.45) is 11.5 Å². The SMILES string of the molecule is COc1ccc(C(N)=S)c(NCCOCC(N)=O)c1. The average molecular weight is 283 g/mol. The summed E-state index contributed by atoms with van der Waals surface area (Å²) < 4.78 is 10.2. The Bertz CT molecular complexity index is 466. The van der Waals surface area contributed by atoms with Crippen LogP contribution in [-0.4, -0.2) is 37.8 Å². The van der Waals surface area contributed by atoms with Crippen molar-refractivity contribution in [3.63, 3.8) is 0 Å². The number of hydrogen-bond donors (Lipinski definition) is 3. The monoisotopic (exact) mass is 283 g/mol. The van der Waals surface area contributed by atoms with Crippen molar-refractivity contribution in [2.45, 2.75) is 0 Å². The third-order valence-corrected chi connectivity index (χ3v) is 2.52. The van der Waals surface area contributed by atoms with E-state index >= 15 is 0 Å². The van der Waals surface area contributed by atoms with Gasteiger partial charge in [0.15, 0.2) is 0 Å². The predicted octanol–water partition coefficient (Wildman–Crippen LogP) is 0.243. The molecule has 0 atom stereocenters. The van der Waals surface area contributed by atoms with E-state index in [0.29, 0.717) is 23.9 Å². The van der Waals surface area contributed by atoms with Crippen LogP contribution in [0.1, 0.15) is 5.56 Å². The van der Waals surface area contributed by atoms with Gasteiger partial charge in [0.1, 0.15) is 17.3 Å². The zero-order valence-electron chi connectivity index (χ0n) is 10.6. The van der Waals surface area contributed by atoms with Gasteiger partial charge >= 0.3 is 0 Å². The summed E-state index contributed by atoms with van der Waals surface area (Å²) >= 11 is 4.97. The van der Waals surface area contributed by atoms with Gasteiger partial charge in [-0.25, -0.2) is 0 Å². The molecule has 1 aromatic carbocycles. The first-order valence-electron chi connectivity index (χ1n) is 5.62. The molecule has 7 heteroatoms. The highest BCUT2D eigenvalue weighted by atomic mass is 32.1. The molecule has 0 spiro atoms. The van der Waals surface area contributed by atoms with Gasteiger partial charge in [-0.1, -0.05) is 12.2 Å². The van der Waals surface area contributed by atoms with E-state index in [1.807, 2.05) is 0 Å². The number of carbonyl (C=O) groups excluding carboxylic acids is 1. The van der Waals surface area contributed by atoms with Crippen LogP contribution in [0.3, 0.4) is 0 Å². The summed E-state index contributed by atoms with van der Waals surface area (Å²) in [6, 6.07) is 5.36. The number of primary amides is 1. The highest BCUT2D eigenvalue weighted by Crippen LogP contribution is 2.22. The fraction of sp³-hybridized carbons (Fsp3) is 0.333. The van der Waals surface area contributed by atoms with Gasteiger partial charge < -0.3 is 26.3 Å². The van der Waals surface area contributed by atoms with Crippen molar-refractivity contribution in [1.29, 1.82) is 0 Å². The second kappa shape index (κ2) is 7.55. The summed E-state index contributed by atoms with van der Waals surface area (Å²) in [4.78, 5) is 10.8. The van der Waals surface area contributed by atoms with E-state index in [4.69, 9.17) is 33.2 Å². The van der Waals surface area contributed by atoms with Crippen LogP contribution >= 0.6 is 12.2 Å². The van der Waals surface area contributed by atoms with Crippen LogP contribution in [0.5, 0.6) is 5.75 Å². The summed E-state index contributed by atoms with van der Waals surface area (Å²) in [6.07, 6.45) is 0. The third-order valence-electron chi connectivity index (χ3n) is 2.30. The number of thiocarbonyl (C=S) groups is 1. The highest BCUT2D eigenvalue weighted by Gasteiger charge is 2.06. The Morgan fingerprint density at radius 2 is 2.16 bits per heavy atom. The summed E-state index contributed by atoms with van der Waals surface area (Å²) in [6.45, 7) is 0.745. The lowest BCUT2D eigenvalue weighted by atomic mass is 10.1. The Hall–Kier alpha value is -1.86. The van der Waals surface area contributed by atoms with Gasteiger partial charge in [-0.3, -0.25) is 4.79 Å². The number of nitrogens with two attached hydrogens (primary N) is 2. The van der Waals surface area contributed by atoms with Gasteiger partial charge in [-0.2, -0.15) is 0 Å². The highest BCUT2D eigenvalue weighted by molar-refractivity contribution is 7.80. The lowest BCUT2D eigenvalue weighted by Gasteiger charge is -2.12. The number of benzene rings is 1. The molecule has 0 unspecified atom stereocenters. The van der Waals surface area contributed by atoms with Crippen molar-refractivity contribution < 1.29 is 14.3 Å². The number of hydrogen-bond acceptors (Lipinski definition) is 5. The summed E-state index contributed by atoms with van der Waals surface area (Å²) in [5.74, 6) is 0.200. The molecule has 0 radical (unpaired) electrons. The fourth-order valence-corrected chi connectivity index (χ4v) is 1.62. The molecule has 0 aromatic heterocycles. The molecule has 1 amide bonds. The van der Waals surface area contributed by atoms with E-state index in [1.54, 1.807) is 25.3 Å². The van der Waals surface area contributed by atoms with Crippen LogP contribution in [0, 0.1) is 0 Å². The van der Waals surface area contributed by atoms with Gasteiger partial charge in [0, 0.05) is 23.9 Å². The lowest BCUT2D eigenvalue weighted by Crippen LogP contribution is -2.21. The van der Waals surface area contributed by atoms with Gasteiger partial charge in [-0.15, -0.1) is 0 Å². The first-order chi connectivity index (χ1) is 9.04. The van der Waals surface area contributed by atoms with Crippen LogP contribution in [0.15, 0.2) is 18.2 Å². The molecular weight excluding hydrogens is 266 g/mol. The maximum atomic E-state index is 10.5. The number of nitrogens with one attached hydrogen (secondary N) is 1. The van der Waals surface area contributed by atoms with Gasteiger partial charge in [0.05, 0.1) is 13.7 Å². The molecule has 0 aliphatic carbocycles. The Morgan fingerprint density at radius 3 is 2.74 bits per heavy atom. The molecule has 0 saturated heterocycles. The smallest absolute Gasteiger partial charge is 0.243 e. The van der Waals surface area contributed by atoms with Crippen molar-refractivity contribution in [3.8, 4) is 5.75 Å². The molecule has 0 fully saturated rings. The molecule has 0 aliphatic rings. The molecule has 0 bridgehead atoms. The van der Waals surface area contributed by atoms with Gasteiger partial charge in [-0.05, 0) is 12.1 Å². The number of methoxy groups -OCH3 is 1. The van der Waals surface area contributed by atoms with Crippen molar-refractivity contribution in [3.05, 3.63) is 23.8 Å². The molecule has 6 nitrogen and oxygen atoms in total. The van der Waals surface area contributed by atoms with E-state index in [9.17, 15) is 4.79 Å². The van der Waals surface area contributed by atoms with Crippen molar-refractivity contribution in [1.82, 2.24) is 0 Å². The van der Waals surface area contributed by atoms with Gasteiger partial charge in [0.2, 0.25) is 5.91 Å². The Morgan fingerprint density at radius 1 is 1.42 bits per heavy atom.